The number of rotatable bonds is 4. The highest BCUT2D eigenvalue weighted by Gasteiger charge is 2.37. The van der Waals surface area contributed by atoms with Crippen LogP contribution in [0.5, 0.6) is 0 Å². The van der Waals surface area contributed by atoms with Crippen molar-refractivity contribution in [3.05, 3.63) is 35.4 Å². The van der Waals surface area contributed by atoms with Crippen molar-refractivity contribution in [1.29, 1.82) is 0 Å². The fourth-order valence-corrected chi connectivity index (χ4v) is 3.22. The van der Waals surface area contributed by atoms with Crippen molar-refractivity contribution in [1.82, 2.24) is 4.90 Å². The lowest BCUT2D eigenvalue weighted by molar-refractivity contribution is -0.137. The molecule has 1 aliphatic heterocycles. The molecule has 1 saturated heterocycles. The molecule has 2 rings (SSSR count). The zero-order valence-corrected chi connectivity index (χ0v) is 15.6. The maximum atomic E-state index is 12.7. The van der Waals surface area contributed by atoms with Gasteiger partial charge in [-0.05, 0) is 57.2 Å². The number of alkyl halides is 3. The molecule has 146 valence electrons. The molecule has 1 aliphatic rings. The maximum absolute atomic E-state index is 12.7. The Balaban J connectivity index is 2.03. The van der Waals surface area contributed by atoms with Crippen LogP contribution in [0.1, 0.15) is 38.3 Å². The quantitative estimate of drug-likeness (QED) is 0.779. The molecule has 0 saturated carbocycles. The number of carbonyl (C=O) groups is 1. The largest absolute Gasteiger partial charge is 0.444 e. The van der Waals surface area contributed by atoms with Crippen LogP contribution in [-0.2, 0) is 22.1 Å². The Hall–Kier alpha value is -1.76. The summed E-state index contributed by atoms with van der Waals surface area (Å²) in [7, 11) is 1.58. The molecule has 0 bridgehead atoms. The molecule has 0 aromatic heterocycles. The van der Waals surface area contributed by atoms with Crippen molar-refractivity contribution in [2.24, 2.45) is 5.92 Å². The number of carbonyl (C=O) groups excluding carboxylic acids is 1. The van der Waals surface area contributed by atoms with Gasteiger partial charge in [0.1, 0.15) is 5.60 Å². The zero-order chi connectivity index (χ0) is 19.5. The summed E-state index contributed by atoms with van der Waals surface area (Å²) in [5.74, 6) is 0.152. The van der Waals surface area contributed by atoms with Crippen molar-refractivity contribution in [3.8, 4) is 0 Å². The number of amides is 1. The Morgan fingerprint density at radius 1 is 1.19 bits per heavy atom. The van der Waals surface area contributed by atoms with Crippen LogP contribution in [0, 0.1) is 5.92 Å². The monoisotopic (exact) mass is 373 g/mol. The van der Waals surface area contributed by atoms with E-state index in [2.05, 4.69) is 0 Å². The van der Waals surface area contributed by atoms with Gasteiger partial charge in [-0.3, -0.25) is 0 Å². The van der Waals surface area contributed by atoms with E-state index in [1.165, 1.54) is 12.1 Å². The van der Waals surface area contributed by atoms with Gasteiger partial charge in [-0.1, -0.05) is 12.1 Å². The number of hydrogen-bond donors (Lipinski definition) is 0. The number of likely N-dealkylation sites (tertiary alicyclic amines) is 1. The van der Waals surface area contributed by atoms with Crippen LogP contribution in [0.2, 0.25) is 0 Å². The van der Waals surface area contributed by atoms with E-state index in [0.29, 0.717) is 19.6 Å². The molecule has 1 aromatic rings. The van der Waals surface area contributed by atoms with Crippen LogP contribution >= 0.6 is 0 Å². The molecular formula is C19H26F3NO3. The van der Waals surface area contributed by atoms with Gasteiger partial charge in [0.15, 0.2) is 0 Å². The smallest absolute Gasteiger partial charge is 0.416 e. The third-order valence-corrected chi connectivity index (χ3v) is 4.29. The zero-order valence-electron chi connectivity index (χ0n) is 15.6. The van der Waals surface area contributed by atoms with Crippen molar-refractivity contribution in [2.75, 3.05) is 20.3 Å². The fourth-order valence-electron chi connectivity index (χ4n) is 3.22. The van der Waals surface area contributed by atoms with Gasteiger partial charge in [-0.25, -0.2) is 4.79 Å². The summed E-state index contributed by atoms with van der Waals surface area (Å²) in [5.41, 5.74) is -0.411. The minimum absolute atomic E-state index is 0.0886. The number of nitrogens with zero attached hydrogens (tertiary/aromatic N) is 1. The summed E-state index contributed by atoms with van der Waals surface area (Å²) >= 11 is 0. The lowest BCUT2D eigenvalue weighted by Gasteiger charge is -2.28. The standard InChI is InChI=1S/C19H26F3NO3/c1-18(2,3)26-17(24)23-11-14(10-16(23)12-25-4)9-13-5-7-15(8-6-13)19(20,21)22/h5-8,14,16H,9-12H2,1-4H3. The predicted octanol–water partition coefficient (Wildman–Crippen LogP) is 4.52. The highest BCUT2D eigenvalue weighted by molar-refractivity contribution is 5.69. The van der Waals surface area contributed by atoms with E-state index in [1.807, 2.05) is 20.8 Å². The second-order valence-electron chi connectivity index (χ2n) is 7.74. The van der Waals surface area contributed by atoms with Crippen LogP contribution in [0.25, 0.3) is 0 Å². The minimum Gasteiger partial charge on any atom is -0.444 e. The molecule has 1 heterocycles. The number of halogens is 3. The first-order valence-corrected chi connectivity index (χ1v) is 8.64. The molecule has 2 atom stereocenters. The molecule has 1 fully saturated rings. The van der Waals surface area contributed by atoms with Crippen LogP contribution in [0.15, 0.2) is 24.3 Å². The van der Waals surface area contributed by atoms with Crippen LogP contribution < -0.4 is 0 Å². The molecule has 7 heteroatoms. The molecule has 0 N–H and O–H groups in total. The maximum Gasteiger partial charge on any atom is 0.416 e. The molecule has 0 spiro atoms. The van der Waals surface area contributed by atoms with E-state index in [0.717, 1.165) is 24.1 Å². The van der Waals surface area contributed by atoms with Crippen molar-refractivity contribution in [2.45, 2.75) is 51.4 Å². The van der Waals surface area contributed by atoms with E-state index >= 15 is 0 Å². The second-order valence-corrected chi connectivity index (χ2v) is 7.74. The van der Waals surface area contributed by atoms with Gasteiger partial charge in [0.25, 0.3) is 0 Å². The third-order valence-electron chi connectivity index (χ3n) is 4.29. The second kappa shape index (κ2) is 7.86. The van der Waals surface area contributed by atoms with Gasteiger partial charge in [0, 0.05) is 13.7 Å². The first kappa shape index (κ1) is 20.6. The SMILES string of the molecule is COCC1CC(Cc2ccc(C(F)(F)F)cc2)CN1C(=O)OC(C)(C)C. The van der Waals surface area contributed by atoms with Crippen LogP contribution in [0.3, 0.4) is 0 Å². The average molecular weight is 373 g/mol. The number of hydrogen-bond acceptors (Lipinski definition) is 3. The van der Waals surface area contributed by atoms with E-state index in [1.54, 1.807) is 12.0 Å². The summed E-state index contributed by atoms with van der Waals surface area (Å²) in [6.07, 6.45) is -3.37. The van der Waals surface area contributed by atoms with Crippen LogP contribution in [0.4, 0.5) is 18.0 Å². The summed E-state index contributed by atoms with van der Waals surface area (Å²) in [6.45, 7) is 6.34. The van der Waals surface area contributed by atoms with Gasteiger partial charge in [0.2, 0.25) is 0 Å². The number of benzene rings is 1. The van der Waals surface area contributed by atoms with E-state index in [-0.39, 0.29) is 18.1 Å². The van der Waals surface area contributed by atoms with Crippen molar-refractivity contribution >= 4 is 6.09 Å². The first-order valence-electron chi connectivity index (χ1n) is 8.64. The Kier molecular flexibility index (Phi) is 6.21. The van der Waals surface area contributed by atoms with E-state index < -0.39 is 17.3 Å². The number of methoxy groups -OCH3 is 1. The normalized spacial score (nSPS) is 21.1. The minimum atomic E-state index is -4.33. The Labute approximate surface area is 152 Å². The summed E-state index contributed by atoms with van der Waals surface area (Å²) in [5, 5.41) is 0. The Morgan fingerprint density at radius 2 is 1.81 bits per heavy atom. The molecule has 26 heavy (non-hydrogen) atoms. The van der Waals surface area contributed by atoms with Crippen molar-refractivity contribution in [3.63, 3.8) is 0 Å². The summed E-state index contributed by atoms with van der Waals surface area (Å²) < 4.78 is 48.7. The molecule has 1 amide bonds. The fraction of sp³-hybridized carbons (Fsp3) is 0.632. The highest BCUT2D eigenvalue weighted by atomic mass is 19.4. The molecule has 4 nitrogen and oxygen atoms in total. The van der Waals surface area contributed by atoms with Crippen LogP contribution in [-0.4, -0.2) is 42.9 Å². The first-order chi connectivity index (χ1) is 12.0. The van der Waals surface area contributed by atoms with Gasteiger partial charge in [-0.2, -0.15) is 13.2 Å². The lowest BCUT2D eigenvalue weighted by atomic mass is 9.96. The Morgan fingerprint density at radius 3 is 2.31 bits per heavy atom. The number of ether oxygens (including phenoxy) is 2. The van der Waals surface area contributed by atoms with Gasteiger partial charge in [0.05, 0.1) is 18.2 Å². The summed E-state index contributed by atoms with van der Waals surface area (Å²) in [6, 6.07) is 5.12. The van der Waals surface area contributed by atoms with Gasteiger partial charge < -0.3 is 14.4 Å². The molecule has 0 radical (unpaired) electrons. The van der Waals surface area contributed by atoms with Gasteiger partial charge in [-0.15, -0.1) is 0 Å². The van der Waals surface area contributed by atoms with Crippen molar-refractivity contribution < 1.29 is 27.4 Å². The molecular weight excluding hydrogens is 347 g/mol. The molecule has 2 unspecified atom stereocenters. The predicted molar refractivity (Wildman–Crippen MR) is 91.9 cm³/mol. The van der Waals surface area contributed by atoms with E-state index in [9.17, 15) is 18.0 Å². The lowest BCUT2D eigenvalue weighted by Crippen LogP contribution is -2.41. The topological polar surface area (TPSA) is 38.8 Å². The van der Waals surface area contributed by atoms with Gasteiger partial charge >= 0.3 is 12.3 Å². The average Bonchev–Trinajstić information content (AvgIpc) is 2.88. The molecule has 0 aliphatic carbocycles. The summed E-state index contributed by atoms with van der Waals surface area (Å²) in [4.78, 5) is 14.1. The third kappa shape index (κ3) is 5.62. The molecule has 1 aromatic carbocycles. The Bertz CT molecular complexity index is 608. The highest BCUT2D eigenvalue weighted by Crippen LogP contribution is 2.31. The van der Waals surface area contributed by atoms with E-state index in [4.69, 9.17) is 9.47 Å².